The minimum atomic E-state index is -5.31. The molecule has 124 valence electrons. The minimum Gasteiger partial charge on any atom is -0.480 e. The fraction of sp³-hybridized carbons (Fsp3) is 0.300. The largest absolute Gasteiger partial charge is 0.480 e. The molecular formula is C10H8F5NO4S2. The molecule has 0 radical (unpaired) electrons. The van der Waals surface area contributed by atoms with Crippen LogP contribution in [0.5, 0.6) is 0 Å². The van der Waals surface area contributed by atoms with E-state index in [1.54, 1.807) is 0 Å². The van der Waals surface area contributed by atoms with E-state index in [0.717, 1.165) is 0 Å². The van der Waals surface area contributed by atoms with Gasteiger partial charge in [-0.25, -0.2) is 30.4 Å². The molecule has 5 nitrogen and oxygen atoms in total. The number of thiol groups is 1. The molecule has 0 saturated heterocycles. The lowest BCUT2D eigenvalue weighted by molar-refractivity contribution is -0.139. The van der Waals surface area contributed by atoms with Crippen molar-refractivity contribution in [3.8, 4) is 0 Å². The Hall–Kier alpha value is -1.40. The van der Waals surface area contributed by atoms with Crippen LogP contribution < -0.4 is 4.72 Å². The highest BCUT2D eigenvalue weighted by molar-refractivity contribution is 7.89. The van der Waals surface area contributed by atoms with E-state index in [9.17, 15) is 35.2 Å². The fourth-order valence-corrected chi connectivity index (χ4v) is 3.05. The van der Waals surface area contributed by atoms with E-state index < -0.39 is 56.0 Å². The van der Waals surface area contributed by atoms with Gasteiger partial charge in [0.05, 0.1) is 0 Å². The monoisotopic (exact) mass is 365 g/mol. The normalized spacial score (nSPS) is 13.2. The van der Waals surface area contributed by atoms with E-state index in [4.69, 9.17) is 5.11 Å². The first-order valence-electron chi connectivity index (χ1n) is 5.42. The second-order valence-electron chi connectivity index (χ2n) is 3.92. The maximum absolute atomic E-state index is 13.4. The first-order valence-corrected chi connectivity index (χ1v) is 7.53. The first kappa shape index (κ1) is 18.6. The molecule has 0 heterocycles. The van der Waals surface area contributed by atoms with Crippen LogP contribution in [0.4, 0.5) is 22.0 Å². The molecule has 1 rings (SSSR count). The Morgan fingerprint density at radius 2 is 1.45 bits per heavy atom. The number of halogens is 5. The molecule has 0 fully saturated rings. The minimum absolute atomic E-state index is 0.114. The van der Waals surface area contributed by atoms with Gasteiger partial charge < -0.3 is 5.11 Å². The van der Waals surface area contributed by atoms with Gasteiger partial charge in [-0.2, -0.15) is 17.4 Å². The van der Waals surface area contributed by atoms with Crippen molar-refractivity contribution in [2.45, 2.75) is 17.4 Å². The summed E-state index contributed by atoms with van der Waals surface area (Å²) in [5.74, 6) is -14.4. The zero-order chi connectivity index (χ0) is 17.2. The van der Waals surface area contributed by atoms with Crippen LogP contribution in [0.15, 0.2) is 4.90 Å². The van der Waals surface area contributed by atoms with E-state index in [2.05, 4.69) is 12.6 Å². The highest BCUT2D eigenvalue weighted by Crippen LogP contribution is 2.26. The Morgan fingerprint density at radius 1 is 1.05 bits per heavy atom. The fourth-order valence-electron chi connectivity index (χ4n) is 1.43. The Balaban J connectivity index is 3.44. The second-order valence-corrected chi connectivity index (χ2v) is 6.02. The van der Waals surface area contributed by atoms with Crippen LogP contribution in [-0.4, -0.2) is 31.3 Å². The number of carboxylic acid groups (broad SMARTS) is 1. The van der Waals surface area contributed by atoms with Crippen molar-refractivity contribution in [3.05, 3.63) is 29.1 Å². The van der Waals surface area contributed by atoms with Crippen molar-refractivity contribution in [3.63, 3.8) is 0 Å². The third-order valence-electron chi connectivity index (χ3n) is 2.45. The topological polar surface area (TPSA) is 83.5 Å². The number of carboxylic acids is 1. The molecule has 0 bridgehead atoms. The van der Waals surface area contributed by atoms with E-state index >= 15 is 0 Å². The lowest BCUT2D eigenvalue weighted by Gasteiger charge is -2.15. The zero-order valence-electron chi connectivity index (χ0n) is 10.4. The average Bonchev–Trinajstić information content (AvgIpc) is 2.42. The molecule has 12 heteroatoms. The highest BCUT2D eigenvalue weighted by atomic mass is 32.2. The van der Waals surface area contributed by atoms with Gasteiger partial charge in [0.25, 0.3) is 0 Å². The summed E-state index contributed by atoms with van der Waals surface area (Å²) in [7, 11) is -5.31. The number of rotatable bonds is 6. The summed E-state index contributed by atoms with van der Waals surface area (Å²) in [4.78, 5) is 8.66. The summed E-state index contributed by atoms with van der Waals surface area (Å²) in [5, 5.41) is 8.75. The third-order valence-corrected chi connectivity index (χ3v) is 4.20. The summed E-state index contributed by atoms with van der Waals surface area (Å²) in [6.07, 6.45) is -0.382. The summed E-state index contributed by atoms with van der Waals surface area (Å²) in [6, 6.07) is -1.85. The van der Waals surface area contributed by atoms with E-state index in [0.29, 0.717) is 0 Å². The van der Waals surface area contributed by atoms with Gasteiger partial charge in [-0.05, 0) is 12.2 Å². The van der Waals surface area contributed by atoms with Crippen LogP contribution in [-0.2, 0) is 14.8 Å². The molecule has 2 N–H and O–H groups in total. The Morgan fingerprint density at radius 3 is 1.82 bits per heavy atom. The van der Waals surface area contributed by atoms with Gasteiger partial charge in [-0.15, -0.1) is 0 Å². The molecule has 0 aliphatic heterocycles. The molecular weight excluding hydrogens is 357 g/mol. The van der Waals surface area contributed by atoms with Gasteiger partial charge in [-0.3, -0.25) is 4.79 Å². The number of hydrogen-bond acceptors (Lipinski definition) is 4. The van der Waals surface area contributed by atoms with Gasteiger partial charge >= 0.3 is 5.97 Å². The predicted octanol–water partition coefficient (Wildman–Crippen LogP) is 1.43. The third kappa shape index (κ3) is 3.50. The van der Waals surface area contributed by atoms with Crippen molar-refractivity contribution in [2.75, 3.05) is 5.75 Å². The van der Waals surface area contributed by atoms with E-state index in [1.807, 2.05) is 0 Å². The second kappa shape index (κ2) is 6.79. The number of carbonyl (C=O) groups is 1. The van der Waals surface area contributed by atoms with Gasteiger partial charge in [-0.1, -0.05) is 0 Å². The van der Waals surface area contributed by atoms with Crippen LogP contribution in [0.2, 0.25) is 0 Å². The van der Waals surface area contributed by atoms with E-state index in [-0.39, 0.29) is 12.2 Å². The smallest absolute Gasteiger partial charge is 0.321 e. The molecule has 0 amide bonds. The van der Waals surface area contributed by atoms with Gasteiger partial charge in [0.1, 0.15) is 6.04 Å². The zero-order valence-corrected chi connectivity index (χ0v) is 12.1. The molecule has 1 atom stereocenters. The van der Waals surface area contributed by atoms with Crippen molar-refractivity contribution in [1.29, 1.82) is 0 Å². The summed E-state index contributed by atoms with van der Waals surface area (Å²) in [5.41, 5.74) is 0. The molecule has 0 aliphatic carbocycles. The summed E-state index contributed by atoms with van der Waals surface area (Å²) in [6.45, 7) is 0. The lowest BCUT2D eigenvalue weighted by Crippen LogP contribution is -2.41. The SMILES string of the molecule is O=C(O)C(CCS)NS(=O)(=O)c1c(F)c(F)c(F)c(F)c1F. The molecule has 0 aliphatic rings. The number of hydrogen-bond donors (Lipinski definition) is 3. The van der Waals surface area contributed by atoms with Crippen molar-refractivity contribution in [1.82, 2.24) is 4.72 Å². The van der Waals surface area contributed by atoms with Crippen molar-refractivity contribution < 1.29 is 40.3 Å². The number of nitrogens with one attached hydrogen (secondary N) is 1. The maximum Gasteiger partial charge on any atom is 0.321 e. The Labute approximate surface area is 126 Å². The van der Waals surface area contributed by atoms with Crippen LogP contribution in [0, 0.1) is 29.1 Å². The van der Waals surface area contributed by atoms with Crippen LogP contribution in [0.1, 0.15) is 6.42 Å². The number of benzene rings is 1. The predicted molar refractivity (Wildman–Crippen MR) is 66.4 cm³/mol. The molecule has 0 aromatic heterocycles. The van der Waals surface area contributed by atoms with Crippen LogP contribution in [0.3, 0.4) is 0 Å². The van der Waals surface area contributed by atoms with Crippen molar-refractivity contribution >= 4 is 28.6 Å². The van der Waals surface area contributed by atoms with Crippen molar-refractivity contribution in [2.24, 2.45) is 0 Å². The quantitative estimate of drug-likeness (QED) is 0.308. The number of aliphatic carboxylic acids is 1. The maximum atomic E-state index is 13.4. The molecule has 22 heavy (non-hydrogen) atoms. The standard InChI is InChI=1S/C10H8F5NO4S2/c11-4-5(12)7(14)9(8(15)6(4)13)22(19,20)16-3(1-2-21)10(17)18/h3,16,21H,1-2H2,(H,17,18). The summed E-state index contributed by atoms with van der Waals surface area (Å²) < 4.78 is 90.5. The Kier molecular flexibility index (Phi) is 5.76. The van der Waals surface area contributed by atoms with Gasteiger partial charge in [0.15, 0.2) is 28.2 Å². The first-order chi connectivity index (χ1) is 10.0. The number of sulfonamides is 1. The van der Waals surface area contributed by atoms with Gasteiger partial charge in [0, 0.05) is 0 Å². The lowest BCUT2D eigenvalue weighted by atomic mass is 10.2. The van der Waals surface area contributed by atoms with Crippen LogP contribution in [0.25, 0.3) is 0 Å². The molecule has 0 spiro atoms. The van der Waals surface area contributed by atoms with E-state index in [1.165, 1.54) is 4.72 Å². The molecule has 0 saturated carbocycles. The van der Waals surface area contributed by atoms with Gasteiger partial charge in [0.2, 0.25) is 15.8 Å². The molecule has 1 aromatic rings. The molecule has 1 aromatic carbocycles. The highest BCUT2D eigenvalue weighted by Gasteiger charge is 2.35. The average molecular weight is 365 g/mol. The summed E-state index contributed by atoms with van der Waals surface area (Å²) >= 11 is 3.66. The Bertz CT molecular complexity index is 681. The molecule has 1 unspecified atom stereocenters. The van der Waals surface area contributed by atoms with Crippen LogP contribution >= 0.6 is 12.6 Å².